The molecule has 126 valence electrons. The molecular weight excluding hydrogens is 302 g/mol. The number of aryl methyl sites for hydroxylation is 2. The lowest BCUT2D eigenvalue weighted by atomic mass is 10.1. The quantitative estimate of drug-likeness (QED) is 0.791. The van der Waals surface area contributed by atoms with E-state index in [1.165, 1.54) is 0 Å². The van der Waals surface area contributed by atoms with E-state index >= 15 is 0 Å². The van der Waals surface area contributed by atoms with Crippen molar-refractivity contribution in [3.05, 3.63) is 59.2 Å². The van der Waals surface area contributed by atoms with Gasteiger partial charge in [-0.15, -0.1) is 0 Å². The average molecular weight is 325 g/mol. The number of carbonyl (C=O) groups is 2. The maximum absolute atomic E-state index is 12.4. The van der Waals surface area contributed by atoms with Crippen molar-refractivity contribution in [1.29, 1.82) is 0 Å². The number of hydrogen-bond acceptors (Lipinski definition) is 3. The van der Waals surface area contributed by atoms with E-state index in [1.54, 1.807) is 32.2 Å². The van der Waals surface area contributed by atoms with Crippen molar-refractivity contribution in [2.45, 2.75) is 26.8 Å². The topological polar surface area (TPSA) is 70.2 Å². The predicted molar refractivity (Wildman–Crippen MR) is 97.5 cm³/mol. The third-order valence-corrected chi connectivity index (χ3v) is 3.78. The number of anilines is 2. The summed E-state index contributed by atoms with van der Waals surface area (Å²) in [5, 5.41) is 8.64. The molecular formula is C19H23N3O2. The molecule has 0 heterocycles. The zero-order chi connectivity index (χ0) is 17.7. The molecule has 0 spiro atoms. The molecule has 0 bridgehead atoms. The van der Waals surface area contributed by atoms with Crippen LogP contribution in [0.5, 0.6) is 0 Å². The van der Waals surface area contributed by atoms with Crippen LogP contribution in [0.3, 0.4) is 0 Å². The summed E-state index contributed by atoms with van der Waals surface area (Å²) in [6.45, 7) is 5.73. The van der Waals surface area contributed by atoms with Gasteiger partial charge in [0.05, 0.1) is 0 Å². The Morgan fingerprint density at radius 1 is 1.04 bits per heavy atom. The third kappa shape index (κ3) is 4.35. The highest BCUT2D eigenvalue weighted by molar-refractivity contribution is 5.98. The first-order valence-electron chi connectivity index (χ1n) is 7.87. The Bertz CT molecular complexity index is 756. The molecule has 2 aromatic carbocycles. The van der Waals surface area contributed by atoms with Crippen LogP contribution in [0.4, 0.5) is 11.4 Å². The molecule has 5 heteroatoms. The Balaban J connectivity index is 2.06. The molecule has 0 aliphatic rings. The zero-order valence-corrected chi connectivity index (χ0v) is 14.4. The highest BCUT2D eigenvalue weighted by atomic mass is 16.2. The van der Waals surface area contributed by atoms with E-state index in [2.05, 4.69) is 16.0 Å². The minimum absolute atomic E-state index is 0.131. The standard InChI is InChI=1S/C19H23N3O2/c1-12-8-9-13(2)17(10-12)22-18(23)14(3)21-16-7-5-6-15(11-16)19(24)20-4/h5-11,14,21H,1-4H3,(H,20,24)(H,22,23). The summed E-state index contributed by atoms with van der Waals surface area (Å²) in [5.74, 6) is -0.291. The number of carbonyl (C=O) groups excluding carboxylic acids is 2. The molecule has 24 heavy (non-hydrogen) atoms. The van der Waals surface area contributed by atoms with Crippen LogP contribution in [0, 0.1) is 13.8 Å². The molecule has 0 saturated carbocycles. The van der Waals surface area contributed by atoms with Gasteiger partial charge in [0.2, 0.25) is 5.91 Å². The Hall–Kier alpha value is -2.82. The summed E-state index contributed by atoms with van der Waals surface area (Å²) < 4.78 is 0. The molecule has 2 rings (SSSR count). The van der Waals surface area contributed by atoms with Crippen molar-refractivity contribution in [3.8, 4) is 0 Å². The van der Waals surface area contributed by atoms with Crippen molar-refractivity contribution in [2.75, 3.05) is 17.7 Å². The maximum Gasteiger partial charge on any atom is 0.251 e. The van der Waals surface area contributed by atoms with Crippen LogP contribution in [-0.4, -0.2) is 24.9 Å². The van der Waals surface area contributed by atoms with Crippen molar-refractivity contribution in [1.82, 2.24) is 5.32 Å². The van der Waals surface area contributed by atoms with Gasteiger partial charge in [-0.1, -0.05) is 18.2 Å². The molecule has 3 N–H and O–H groups in total. The zero-order valence-electron chi connectivity index (χ0n) is 14.4. The minimum atomic E-state index is -0.440. The summed E-state index contributed by atoms with van der Waals surface area (Å²) >= 11 is 0. The lowest BCUT2D eigenvalue weighted by Gasteiger charge is -2.17. The van der Waals surface area contributed by atoms with Gasteiger partial charge in [0, 0.05) is 24.0 Å². The van der Waals surface area contributed by atoms with E-state index in [9.17, 15) is 9.59 Å². The van der Waals surface area contributed by atoms with Crippen LogP contribution in [0.2, 0.25) is 0 Å². The minimum Gasteiger partial charge on any atom is -0.374 e. The number of nitrogens with one attached hydrogen (secondary N) is 3. The number of hydrogen-bond donors (Lipinski definition) is 3. The summed E-state index contributed by atoms with van der Waals surface area (Å²) in [4.78, 5) is 24.1. The first-order chi connectivity index (χ1) is 11.4. The molecule has 0 aliphatic heterocycles. The lowest BCUT2D eigenvalue weighted by molar-refractivity contribution is -0.116. The molecule has 5 nitrogen and oxygen atoms in total. The monoisotopic (exact) mass is 325 g/mol. The van der Waals surface area contributed by atoms with Gasteiger partial charge in [-0.3, -0.25) is 9.59 Å². The first-order valence-corrected chi connectivity index (χ1v) is 7.87. The Labute approximate surface area is 142 Å². The largest absolute Gasteiger partial charge is 0.374 e. The summed E-state index contributed by atoms with van der Waals surface area (Å²) in [6.07, 6.45) is 0. The maximum atomic E-state index is 12.4. The highest BCUT2D eigenvalue weighted by Gasteiger charge is 2.14. The fourth-order valence-electron chi connectivity index (χ4n) is 2.32. The van der Waals surface area contributed by atoms with Crippen LogP contribution in [0.15, 0.2) is 42.5 Å². The van der Waals surface area contributed by atoms with Gasteiger partial charge in [-0.2, -0.15) is 0 Å². The summed E-state index contributed by atoms with van der Waals surface area (Å²) in [7, 11) is 1.59. The van der Waals surface area contributed by atoms with Crippen LogP contribution in [0.1, 0.15) is 28.4 Å². The van der Waals surface area contributed by atoms with Gasteiger partial charge >= 0.3 is 0 Å². The van der Waals surface area contributed by atoms with E-state index in [-0.39, 0.29) is 11.8 Å². The van der Waals surface area contributed by atoms with E-state index < -0.39 is 6.04 Å². The van der Waals surface area contributed by atoms with Crippen molar-refractivity contribution in [3.63, 3.8) is 0 Å². The Morgan fingerprint density at radius 2 is 1.79 bits per heavy atom. The first kappa shape index (κ1) is 17.5. The predicted octanol–water partition coefficient (Wildman–Crippen LogP) is 3.10. The van der Waals surface area contributed by atoms with Gasteiger partial charge in [0.25, 0.3) is 5.91 Å². The fraction of sp³-hybridized carbons (Fsp3) is 0.263. The van der Waals surface area contributed by atoms with Gasteiger partial charge < -0.3 is 16.0 Å². The Kier molecular flexibility index (Phi) is 5.58. The molecule has 0 aromatic heterocycles. The van der Waals surface area contributed by atoms with Gasteiger partial charge in [0.1, 0.15) is 6.04 Å². The van der Waals surface area contributed by atoms with Crippen molar-refractivity contribution >= 4 is 23.2 Å². The highest BCUT2D eigenvalue weighted by Crippen LogP contribution is 2.17. The van der Waals surface area contributed by atoms with E-state index in [4.69, 9.17) is 0 Å². The molecule has 0 fully saturated rings. The normalized spacial score (nSPS) is 11.5. The molecule has 0 aliphatic carbocycles. The van der Waals surface area contributed by atoms with Gasteiger partial charge in [0.15, 0.2) is 0 Å². The lowest BCUT2D eigenvalue weighted by Crippen LogP contribution is -2.32. The molecule has 0 saturated heterocycles. The summed E-state index contributed by atoms with van der Waals surface area (Å²) in [6, 6.07) is 12.6. The van der Waals surface area contributed by atoms with Crippen LogP contribution >= 0.6 is 0 Å². The molecule has 2 aromatic rings. The summed E-state index contributed by atoms with van der Waals surface area (Å²) in [5.41, 5.74) is 4.19. The van der Waals surface area contributed by atoms with Crippen molar-refractivity contribution in [2.24, 2.45) is 0 Å². The Morgan fingerprint density at radius 3 is 2.50 bits per heavy atom. The SMILES string of the molecule is CNC(=O)c1cccc(NC(C)C(=O)Nc2cc(C)ccc2C)c1. The van der Waals surface area contributed by atoms with E-state index in [0.29, 0.717) is 5.56 Å². The molecule has 1 atom stereocenters. The smallest absolute Gasteiger partial charge is 0.251 e. The third-order valence-electron chi connectivity index (χ3n) is 3.78. The second-order valence-electron chi connectivity index (χ2n) is 5.83. The molecule has 1 unspecified atom stereocenters. The number of amides is 2. The van der Waals surface area contributed by atoms with Gasteiger partial charge in [-0.25, -0.2) is 0 Å². The van der Waals surface area contributed by atoms with Crippen LogP contribution < -0.4 is 16.0 Å². The van der Waals surface area contributed by atoms with E-state index in [1.807, 2.05) is 38.1 Å². The van der Waals surface area contributed by atoms with Crippen molar-refractivity contribution < 1.29 is 9.59 Å². The second kappa shape index (κ2) is 7.64. The number of benzene rings is 2. The number of rotatable bonds is 5. The van der Waals surface area contributed by atoms with Crippen LogP contribution in [-0.2, 0) is 4.79 Å². The van der Waals surface area contributed by atoms with Crippen LogP contribution in [0.25, 0.3) is 0 Å². The fourth-order valence-corrected chi connectivity index (χ4v) is 2.32. The van der Waals surface area contributed by atoms with Gasteiger partial charge in [-0.05, 0) is 56.2 Å². The molecule has 0 radical (unpaired) electrons. The average Bonchev–Trinajstić information content (AvgIpc) is 2.57. The van der Waals surface area contributed by atoms with E-state index in [0.717, 1.165) is 22.5 Å². The molecule has 2 amide bonds. The second-order valence-corrected chi connectivity index (χ2v) is 5.83.